The number of hydrogen-bond donors (Lipinski definition) is 2. The Morgan fingerprint density at radius 2 is 2.12 bits per heavy atom. The first-order valence-electron chi connectivity index (χ1n) is 8.22. The summed E-state index contributed by atoms with van der Waals surface area (Å²) in [5.74, 6) is 1.50. The second kappa shape index (κ2) is 7.25. The van der Waals surface area contributed by atoms with Crippen LogP contribution in [0.4, 0.5) is 11.4 Å². The summed E-state index contributed by atoms with van der Waals surface area (Å²) in [6, 6.07) is 13.0. The zero-order valence-electron chi connectivity index (χ0n) is 14.0. The van der Waals surface area contributed by atoms with E-state index in [2.05, 4.69) is 10.6 Å². The van der Waals surface area contributed by atoms with Gasteiger partial charge in [-0.15, -0.1) is 0 Å². The van der Waals surface area contributed by atoms with Crippen molar-refractivity contribution in [3.8, 4) is 11.5 Å². The number of hydrogen-bond acceptors (Lipinski definition) is 4. The largest absolute Gasteiger partial charge is 0.493 e. The first kappa shape index (κ1) is 16.2. The standard InChI is InChI=1S/C19H22N2O3/c1-3-23-18-7-5-4-6-16(18)21-19(22)13(2)20-15-8-9-17-14(12-15)10-11-24-17/h4-9,12-13,20H,3,10-11H2,1-2H3,(H,21,22). The number of para-hydroxylation sites is 2. The van der Waals surface area contributed by atoms with Crippen molar-refractivity contribution >= 4 is 17.3 Å². The van der Waals surface area contributed by atoms with E-state index in [1.807, 2.05) is 56.3 Å². The molecule has 2 N–H and O–H groups in total. The van der Waals surface area contributed by atoms with Crippen molar-refractivity contribution < 1.29 is 14.3 Å². The number of nitrogens with one attached hydrogen (secondary N) is 2. The summed E-state index contributed by atoms with van der Waals surface area (Å²) in [5.41, 5.74) is 2.77. The van der Waals surface area contributed by atoms with E-state index in [1.54, 1.807) is 0 Å². The second-order valence-electron chi connectivity index (χ2n) is 5.71. The van der Waals surface area contributed by atoms with E-state index in [1.165, 1.54) is 5.56 Å². The van der Waals surface area contributed by atoms with Gasteiger partial charge in [0.15, 0.2) is 0 Å². The highest BCUT2D eigenvalue weighted by Crippen LogP contribution is 2.28. The molecule has 1 heterocycles. The van der Waals surface area contributed by atoms with E-state index in [4.69, 9.17) is 9.47 Å². The Morgan fingerprint density at radius 1 is 1.29 bits per heavy atom. The Morgan fingerprint density at radius 3 is 2.96 bits per heavy atom. The van der Waals surface area contributed by atoms with E-state index < -0.39 is 0 Å². The molecule has 0 aromatic heterocycles. The van der Waals surface area contributed by atoms with Gasteiger partial charge in [0.05, 0.1) is 18.9 Å². The minimum Gasteiger partial charge on any atom is -0.493 e. The summed E-state index contributed by atoms with van der Waals surface area (Å²) in [6.07, 6.45) is 0.910. The Balaban J connectivity index is 1.65. The number of carbonyl (C=O) groups is 1. The molecule has 0 bridgehead atoms. The van der Waals surface area contributed by atoms with Gasteiger partial charge < -0.3 is 20.1 Å². The van der Waals surface area contributed by atoms with E-state index >= 15 is 0 Å². The molecule has 1 amide bonds. The highest BCUT2D eigenvalue weighted by Gasteiger charge is 2.17. The maximum atomic E-state index is 12.5. The fourth-order valence-electron chi connectivity index (χ4n) is 2.68. The average molecular weight is 326 g/mol. The fraction of sp³-hybridized carbons (Fsp3) is 0.316. The molecule has 0 spiro atoms. The number of amides is 1. The van der Waals surface area contributed by atoms with Crippen molar-refractivity contribution in [2.24, 2.45) is 0 Å². The average Bonchev–Trinajstić information content (AvgIpc) is 3.04. The Bertz CT molecular complexity index is 730. The second-order valence-corrected chi connectivity index (χ2v) is 5.71. The predicted octanol–water partition coefficient (Wildman–Crippen LogP) is 3.46. The summed E-state index contributed by atoms with van der Waals surface area (Å²) in [4.78, 5) is 12.5. The first-order valence-corrected chi connectivity index (χ1v) is 8.22. The Labute approximate surface area is 142 Å². The van der Waals surface area contributed by atoms with Crippen LogP contribution in [0.5, 0.6) is 11.5 Å². The van der Waals surface area contributed by atoms with E-state index in [9.17, 15) is 4.79 Å². The van der Waals surface area contributed by atoms with Gasteiger partial charge in [-0.05, 0) is 49.7 Å². The SMILES string of the molecule is CCOc1ccccc1NC(=O)C(C)Nc1ccc2c(c1)CCO2. The van der Waals surface area contributed by atoms with Crippen molar-refractivity contribution in [1.82, 2.24) is 0 Å². The van der Waals surface area contributed by atoms with Crippen LogP contribution >= 0.6 is 0 Å². The van der Waals surface area contributed by atoms with Crippen LogP contribution in [0.2, 0.25) is 0 Å². The lowest BCUT2D eigenvalue weighted by Gasteiger charge is -2.17. The van der Waals surface area contributed by atoms with Crippen molar-refractivity contribution in [3.05, 3.63) is 48.0 Å². The lowest BCUT2D eigenvalue weighted by molar-refractivity contribution is -0.116. The smallest absolute Gasteiger partial charge is 0.246 e. The molecule has 0 aliphatic carbocycles. The Kier molecular flexibility index (Phi) is 4.89. The molecule has 0 radical (unpaired) electrons. The lowest BCUT2D eigenvalue weighted by atomic mass is 10.1. The van der Waals surface area contributed by atoms with Gasteiger partial charge in [-0.3, -0.25) is 4.79 Å². The summed E-state index contributed by atoms with van der Waals surface area (Å²) in [7, 11) is 0. The van der Waals surface area contributed by atoms with Gasteiger partial charge in [0.2, 0.25) is 5.91 Å². The molecule has 5 heteroatoms. The normalized spacial score (nSPS) is 13.6. The number of ether oxygens (including phenoxy) is 2. The van der Waals surface area contributed by atoms with Crippen LogP contribution in [-0.2, 0) is 11.2 Å². The minimum absolute atomic E-state index is 0.112. The molecule has 1 aliphatic heterocycles. The molecule has 1 unspecified atom stereocenters. The van der Waals surface area contributed by atoms with Crippen LogP contribution in [0.1, 0.15) is 19.4 Å². The predicted molar refractivity (Wildman–Crippen MR) is 95.0 cm³/mol. The van der Waals surface area contributed by atoms with Crippen LogP contribution in [0, 0.1) is 0 Å². The van der Waals surface area contributed by atoms with Gasteiger partial charge in [-0.25, -0.2) is 0 Å². The molecular weight excluding hydrogens is 304 g/mol. The van der Waals surface area contributed by atoms with Crippen molar-refractivity contribution in [2.45, 2.75) is 26.3 Å². The molecule has 0 saturated heterocycles. The molecule has 3 rings (SSSR count). The highest BCUT2D eigenvalue weighted by atomic mass is 16.5. The van der Waals surface area contributed by atoms with Gasteiger partial charge >= 0.3 is 0 Å². The van der Waals surface area contributed by atoms with Gasteiger partial charge in [0.1, 0.15) is 17.5 Å². The molecule has 1 atom stereocenters. The van der Waals surface area contributed by atoms with Gasteiger partial charge in [0, 0.05) is 12.1 Å². The third kappa shape index (κ3) is 3.62. The molecule has 0 saturated carbocycles. The van der Waals surface area contributed by atoms with Gasteiger partial charge in [0.25, 0.3) is 0 Å². The zero-order valence-corrected chi connectivity index (χ0v) is 14.0. The highest BCUT2D eigenvalue weighted by molar-refractivity contribution is 5.97. The minimum atomic E-state index is -0.375. The third-order valence-corrected chi connectivity index (χ3v) is 3.91. The van der Waals surface area contributed by atoms with E-state index in [0.29, 0.717) is 18.0 Å². The van der Waals surface area contributed by atoms with Crippen LogP contribution < -0.4 is 20.1 Å². The van der Waals surface area contributed by atoms with Crippen molar-refractivity contribution in [3.63, 3.8) is 0 Å². The summed E-state index contributed by atoms with van der Waals surface area (Å²) in [5, 5.41) is 6.15. The van der Waals surface area contributed by atoms with Gasteiger partial charge in [-0.2, -0.15) is 0 Å². The molecule has 126 valence electrons. The molecule has 0 fully saturated rings. The van der Waals surface area contributed by atoms with E-state index in [-0.39, 0.29) is 11.9 Å². The molecule has 5 nitrogen and oxygen atoms in total. The lowest BCUT2D eigenvalue weighted by Crippen LogP contribution is -2.32. The number of fused-ring (bicyclic) bond motifs is 1. The molecular formula is C19H22N2O3. The Hall–Kier alpha value is -2.69. The number of rotatable bonds is 6. The van der Waals surface area contributed by atoms with Crippen molar-refractivity contribution in [2.75, 3.05) is 23.8 Å². The monoisotopic (exact) mass is 326 g/mol. The van der Waals surface area contributed by atoms with Crippen LogP contribution in [0.25, 0.3) is 0 Å². The molecule has 2 aromatic rings. The number of anilines is 2. The van der Waals surface area contributed by atoms with Crippen LogP contribution in [0.15, 0.2) is 42.5 Å². The number of carbonyl (C=O) groups excluding carboxylic acids is 1. The summed E-state index contributed by atoms with van der Waals surface area (Å²) in [6.45, 7) is 5.03. The number of benzene rings is 2. The molecule has 24 heavy (non-hydrogen) atoms. The van der Waals surface area contributed by atoms with E-state index in [0.717, 1.165) is 24.5 Å². The summed E-state index contributed by atoms with van der Waals surface area (Å²) < 4.78 is 11.0. The first-order chi connectivity index (χ1) is 11.7. The van der Waals surface area contributed by atoms with Gasteiger partial charge in [-0.1, -0.05) is 12.1 Å². The van der Waals surface area contributed by atoms with Crippen LogP contribution in [0.3, 0.4) is 0 Å². The van der Waals surface area contributed by atoms with Crippen molar-refractivity contribution in [1.29, 1.82) is 0 Å². The third-order valence-electron chi connectivity index (χ3n) is 3.91. The summed E-state index contributed by atoms with van der Waals surface area (Å²) >= 11 is 0. The molecule has 1 aliphatic rings. The van der Waals surface area contributed by atoms with Crippen LogP contribution in [-0.4, -0.2) is 25.2 Å². The fourth-order valence-corrected chi connectivity index (χ4v) is 2.68. The quantitative estimate of drug-likeness (QED) is 0.853. The molecule has 2 aromatic carbocycles. The maximum absolute atomic E-state index is 12.5. The zero-order chi connectivity index (χ0) is 16.9. The maximum Gasteiger partial charge on any atom is 0.246 e. The topological polar surface area (TPSA) is 59.6 Å².